The molecule has 3 unspecified atom stereocenters. The Balaban J connectivity index is 2.72. The zero-order valence-electron chi connectivity index (χ0n) is 10.8. The van der Waals surface area contributed by atoms with Crippen LogP contribution >= 0.6 is 11.8 Å². The van der Waals surface area contributed by atoms with Crippen LogP contribution in [-0.2, 0) is 0 Å². The molecule has 0 amide bonds. The Labute approximate surface area is 113 Å². The molecule has 0 saturated carbocycles. The highest BCUT2D eigenvalue weighted by Crippen LogP contribution is 2.19. The average molecular weight is 264 g/mol. The van der Waals surface area contributed by atoms with Gasteiger partial charge in [-0.15, -0.1) is 0 Å². The molecule has 0 heterocycles. The molecule has 0 bridgehead atoms. The van der Waals surface area contributed by atoms with Gasteiger partial charge in [-0.2, -0.15) is 17.0 Å². The fraction of sp³-hybridized carbons (Fsp3) is 0.500. The van der Waals surface area contributed by atoms with Gasteiger partial charge in [0.25, 0.3) is 0 Å². The number of hydrogen-bond donors (Lipinski definition) is 2. The first-order chi connectivity index (χ1) is 8.72. The quantitative estimate of drug-likeness (QED) is 0.793. The van der Waals surface area contributed by atoms with Crippen LogP contribution in [0.15, 0.2) is 30.3 Å². The Morgan fingerprint density at radius 2 is 2.06 bits per heavy atom. The minimum Gasteiger partial charge on any atom is -0.395 e. The molecular formula is C14H20N2OS. The predicted octanol–water partition coefficient (Wildman–Crippen LogP) is 2.34. The first-order valence-electron chi connectivity index (χ1n) is 6.04. The third-order valence-corrected chi connectivity index (χ3v) is 4.16. The first kappa shape index (κ1) is 15.0. The molecule has 0 fully saturated rings. The molecule has 0 spiro atoms. The lowest BCUT2D eigenvalue weighted by Gasteiger charge is -2.26. The highest BCUT2D eigenvalue weighted by atomic mass is 32.2. The van der Waals surface area contributed by atoms with Gasteiger partial charge >= 0.3 is 0 Å². The van der Waals surface area contributed by atoms with Crippen molar-refractivity contribution in [3.05, 3.63) is 35.9 Å². The number of nitrogens with zero attached hydrogens (tertiary/aromatic N) is 1. The molecule has 0 aliphatic heterocycles. The van der Waals surface area contributed by atoms with Crippen LogP contribution in [-0.4, -0.2) is 29.3 Å². The Bertz CT molecular complexity index is 373. The summed E-state index contributed by atoms with van der Waals surface area (Å²) in [4.78, 5) is 0. The summed E-state index contributed by atoms with van der Waals surface area (Å²) >= 11 is 1.64. The Morgan fingerprint density at radius 3 is 2.56 bits per heavy atom. The van der Waals surface area contributed by atoms with Gasteiger partial charge < -0.3 is 10.4 Å². The molecular weight excluding hydrogens is 244 g/mol. The molecule has 3 nitrogen and oxygen atoms in total. The maximum Gasteiger partial charge on any atom is 0.0641 e. The van der Waals surface area contributed by atoms with E-state index in [-0.39, 0.29) is 23.9 Å². The topological polar surface area (TPSA) is 56.0 Å². The molecule has 1 aromatic rings. The van der Waals surface area contributed by atoms with Crippen molar-refractivity contribution in [1.82, 2.24) is 5.32 Å². The summed E-state index contributed by atoms with van der Waals surface area (Å²) in [6.07, 6.45) is 2.42. The van der Waals surface area contributed by atoms with Crippen molar-refractivity contribution in [2.24, 2.45) is 0 Å². The number of benzene rings is 1. The highest BCUT2D eigenvalue weighted by Gasteiger charge is 2.19. The van der Waals surface area contributed by atoms with Gasteiger partial charge in [0.05, 0.1) is 19.1 Å². The molecule has 4 heteroatoms. The van der Waals surface area contributed by atoms with E-state index in [0.717, 1.165) is 5.56 Å². The number of thioether (sulfide) groups is 1. The molecule has 1 aromatic carbocycles. The standard InChI is InChI=1S/C14H20N2OS/c1-11(14(10-17)18-2)16-13(8-9-15)12-6-4-3-5-7-12/h3-7,11,13-14,16-17H,8,10H2,1-2H3. The van der Waals surface area contributed by atoms with E-state index in [1.807, 2.05) is 43.5 Å². The third-order valence-electron chi connectivity index (χ3n) is 3.00. The second kappa shape index (κ2) is 8.15. The SMILES string of the molecule is CSC(CO)C(C)NC(CC#N)c1ccccc1. The number of aliphatic hydroxyl groups is 1. The normalized spacial score (nSPS) is 15.7. The van der Waals surface area contributed by atoms with Gasteiger partial charge in [-0.1, -0.05) is 30.3 Å². The molecule has 18 heavy (non-hydrogen) atoms. The van der Waals surface area contributed by atoms with Gasteiger partial charge in [0.15, 0.2) is 0 Å². The van der Waals surface area contributed by atoms with Crippen molar-refractivity contribution in [3.8, 4) is 6.07 Å². The van der Waals surface area contributed by atoms with Crippen LogP contribution in [0.2, 0.25) is 0 Å². The largest absolute Gasteiger partial charge is 0.395 e. The summed E-state index contributed by atoms with van der Waals surface area (Å²) in [7, 11) is 0. The number of aliphatic hydroxyl groups excluding tert-OH is 1. The molecule has 0 saturated heterocycles. The van der Waals surface area contributed by atoms with Gasteiger partial charge in [-0.05, 0) is 18.7 Å². The van der Waals surface area contributed by atoms with Crippen LogP contribution in [0.4, 0.5) is 0 Å². The highest BCUT2D eigenvalue weighted by molar-refractivity contribution is 7.99. The summed E-state index contributed by atoms with van der Waals surface area (Å²) in [5.74, 6) is 0. The Kier molecular flexibility index (Phi) is 6.81. The van der Waals surface area contributed by atoms with Crippen molar-refractivity contribution >= 4 is 11.8 Å². The summed E-state index contributed by atoms with van der Waals surface area (Å²) in [5.41, 5.74) is 1.11. The van der Waals surface area contributed by atoms with E-state index in [1.54, 1.807) is 11.8 Å². The predicted molar refractivity (Wildman–Crippen MR) is 76.4 cm³/mol. The molecule has 2 N–H and O–H groups in total. The van der Waals surface area contributed by atoms with Crippen molar-refractivity contribution in [2.75, 3.05) is 12.9 Å². The maximum atomic E-state index is 9.28. The Morgan fingerprint density at radius 1 is 1.39 bits per heavy atom. The fourth-order valence-corrected chi connectivity index (χ4v) is 2.55. The summed E-state index contributed by atoms with van der Waals surface area (Å²) in [6, 6.07) is 12.4. The van der Waals surface area contributed by atoms with Crippen molar-refractivity contribution < 1.29 is 5.11 Å². The lowest BCUT2D eigenvalue weighted by atomic mass is 10.0. The molecule has 3 atom stereocenters. The molecule has 0 aliphatic carbocycles. The zero-order chi connectivity index (χ0) is 13.4. The van der Waals surface area contributed by atoms with E-state index in [4.69, 9.17) is 5.26 Å². The van der Waals surface area contributed by atoms with Gasteiger partial charge in [0.2, 0.25) is 0 Å². The maximum absolute atomic E-state index is 9.28. The minimum absolute atomic E-state index is 0.0207. The molecule has 1 rings (SSSR count). The summed E-state index contributed by atoms with van der Waals surface area (Å²) in [5, 5.41) is 21.8. The van der Waals surface area contributed by atoms with E-state index in [2.05, 4.69) is 11.4 Å². The number of hydrogen-bond acceptors (Lipinski definition) is 4. The molecule has 0 aromatic heterocycles. The van der Waals surface area contributed by atoms with Crippen molar-refractivity contribution in [1.29, 1.82) is 5.26 Å². The van der Waals surface area contributed by atoms with E-state index in [1.165, 1.54) is 0 Å². The van der Waals surface area contributed by atoms with Crippen molar-refractivity contribution in [3.63, 3.8) is 0 Å². The summed E-state index contributed by atoms with van der Waals surface area (Å²) < 4.78 is 0. The lowest BCUT2D eigenvalue weighted by molar-refractivity contribution is 0.270. The zero-order valence-corrected chi connectivity index (χ0v) is 11.7. The van der Waals surface area contributed by atoms with Crippen molar-refractivity contribution in [2.45, 2.75) is 30.7 Å². The van der Waals surface area contributed by atoms with E-state index in [9.17, 15) is 5.11 Å². The molecule has 0 radical (unpaired) electrons. The lowest BCUT2D eigenvalue weighted by Crippen LogP contribution is -2.39. The minimum atomic E-state index is 0.0207. The van der Waals surface area contributed by atoms with Crippen LogP contribution in [0, 0.1) is 11.3 Å². The smallest absolute Gasteiger partial charge is 0.0641 e. The Hall–Kier alpha value is -1.02. The average Bonchev–Trinajstić information content (AvgIpc) is 2.40. The second-order valence-electron chi connectivity index (χ2n) is 4.24. The van der Waals surface area contributed by atoms with Crippen LogP contribution in [0.1, 0.15) is 24.9 Å². The third kappa shape index (κ3) is 4.34. The van der Waals surface area contributed by atoms with Gasteiger partial charge in [-0.3, -0.25) is 0 Å². The number of nitrogens with one attached hydrogen (secondary N) is 1. The van der Waals surface area contributed by atoms with E-state index in [0.29, 0.717) is 6.42 Å². The van der Waals surface area contributed by atoms with E-state index >= 15 is 0 Å². The van der Waals surface area contributed by atoms with Gasteiger partial charge in [-0.25, -0.2) is 0 Å². The number of rotatable bonds is 7. The van der Waals surface area contributed by atoms with Gasteiger partial charge in [0, 0.05) is 17.3 Å². The molecule has 0 aliphatic rings. The summed E-state index contributed by atoms with van der Waals surface area (Å²) in [6.45, 7) is 2.19. The van der Waals surface area contributed by atoms with Gasteiger partial charge in [0.1, 0.15) is 0 Å². The van der Waals surface area contributed by atoms with Crippen LogP contribution in [0.25, 0.3) is 0 Å². The second-order valence-corrected chi connectivity index (χ2v) is 5.31. The number of nitriles is 1. The van der Waals surface area contributed by atoms with Crippen LogP contribution < -0.4 is 5.32 Å². The van der Waals surface area contributed by atoms with Crippen LogP contribution in [0.5, 0.6) is 0 Å². The molecule has 98 valence electrons. The van der Waals surface area contributed by atoms with E-state index < -0.39 is 0 Å². The fourth-order valence-electron chi connectivity index (χ4n) is 1.91. The monoisotopic (exact) mass is 264 g/mol. The first-order valence-corrected chi connectivity index (χ1v) is 7.33. The van der Waals surface area contributed by atoms with Crippen LogP contribution in [0.3, 0.4) is 0 Å².